The molecule has 0 saturated heterocycles. The third-order valence-corrected chi connectivity index (χ3v) is 11.7. The lowest BCUT2D eigenvalue weighted by atomic mass is 10.1. The first-order chi connectivity index (χ1) is 28.8. The van der Waals surface area contributed by atoms with Gasteiger partial charge in [0.05, 0.1) is 24.2 Å². The molecular formula is C39H30N6O13S3. The Hall–Kier alpha value is -7.08. The van der Waals surface area contributed by atoms with Gasteiger partial charge >= 0.3 is 6.03 Å². The van der Waals surface area contributed by atoms with Crippen molar-refractivity contribution in [3.63, 3.8) is 0 Å². The van der Waals surface area contributed by atoms with Crippen LogP contribution in [-0.4, -0.2) is 62.3 Å². The van der Waals surface area contributed by atoms with E-state index in [2.05, 4.69) is 31.1 Å². The quantitative estimate of drug-likeness (QED) is 0.0473. The normalized spacial score (nSPS) is 12.5. The van der Waals surface area contributed by atoms with Gasteiger partial charge in [0.25, 0.3) is 30.4 Å². The van der Waals surface area contributed by atoms with E-state index in [-0.39, 0.29) is 50.0 Å². The summed E-state index contributed by atoms with van der Waals surface area (Å²) in [5, 5.41) is 44.3. The zero-order chi connectivity index (χ0) is 43.9. The second-order valence-electron chi connectivity index (χ2n) is 13.1. The van der Waals surface area contributed by atoms with Crippen LogP contribution in [0.3, 0.4) is 0 Å². The van der Waals surface area contributed by atoms with E-state index in [4.69, 9.17) is 4.74 Å². The molecule has 0 bridgehead atoms. The maximum Gasteiger partial charge on any atom is 0.323 e. The van der Waals surface area contributed by atoms with E-state index in [9.17, 15) is 53.9 Å². The predicted octanol–water partition coefficient (Wildman–Crippen LogP) is 8.65. The van der Waals surface area contributed by atoms with Gasteiger partial charge in [-0.3, -0.25) is 13.7 Å². The van der Waals surface area contributed by atoms with Gasteiger partial charge in [-0.05, 0) is 100 Å². The molecule has 0 unspecified atom stereocenters. The van der Waals surface area contributed by atoms with E-state index in [0.717, 1.165) is 12.1 Å². The molecule has 0 atom stereocenters. The van der Waals surface area contributed by atoms with Gasteiger partial charge < -0.3 is 25.6 Å². The van der Waals surface area contributed by atoms with Crippen LogP contribution >= 0.6 is 0 Å². The molecule has 7 rings (SSSR count). The number of hydrogen-bond acceptors (Lipinski definition) is 14. The molecule has 7 aromatic carbocycles. The zero-order valence-electron chi connectivity index (χ0n) is 31.1. The Morgan fingerprint density at radius 2 is 1.13 bits per heavy atom. The smallest absolute Gasteiger partial charge is 0.323 e. The summed E-state index contributed by atoms with van der Waals surface area (Å²) in [7, 11) is -12.9. The highest BCUT2D eigenvalue weighted by Gasteiger charge is 2.24. The van der Waals surface area contributed by atoms with E-state index in [1.807, 2.05) is 0 Å². The molecule has 0 fully saturated rings. The molecule has 61 heavy (non-hydrogen) atoms. The molecule has 0 aliphatic carbocycles. The summed E-state index contributed by atoms with van der Waals surface area (Å²) in [6.07, 6.45) is 0. The largest absolute Gasteiger partial charge is 0.505 e. The van der Waals surface area contributed by atoms with E-state index in [1.54, 1.807) is 24.3 Å². The van der Waals surface area contributed by atoms with Crippen molar-refractivity contribution in [1.82, 2.24) is 0 Å². The molecule has 22 heteroatoms. The van der Waals surface area contributed by atoms with Gasteiger partial charge in [-0.25, -0.2) is 4.79 Å². The number of ether oxygens (including phenoxy) is 1. The molecule has 312 valence electrons. The molecule has 7 aromatic rings. The molecular weight excluding hydrogens is 857 g/mol. The SMILES string of the molecule is COc1ccccc1CN=Nc1c(S(=O)(=O)O)cc2cc(NC(=O)Nc3ccc4c(O)c(N=Nc5ccc6cc(S(=O)(=O)O)ccc6c5)c(S(=O)(=O)O)cc4c3)ccc2c1O. The van der Waals surface area contributed by atoms with Crippen molar-refractivity contribution < 1.29 is 58.7 Å². The Morgan fingerprint density at radius 3 is 1.69 bits per heavy atom. The van der Waals surface area contributed by atoms with Crippen molar-refractivity contribution in [3.05, 3.63) is 115 Å². The topological polar surface area (TPSA) is 303 Å². The molecule has 0 radical (unpaired) electrons. The fourth-order valence-electron chi connectivity index (χ4n) is 6.30. The molecule has 0 spiro atoms. The number of aromatic hydroxyl groups is 2. The highest BCUT2D eigenvalue weighted by molar-refractivity contribution is 7.86. The highest BCUT2D eigenvalue weighted by Crippen LogP contribution is 2.43. The van der Waals surface area contributed by atoms with Crippen molar-refractivity contribution in [2.45, 2.75) is 21.2 Å². The van der Waals surface area contributed by atoms with Crippen LogP contribution in [0.1, 0.15) is 5.56 Å². The Labute approximate surface area is 345 Å². The molecule has 0 aliphatic rings. The number of phenols is 2. The number of fused-ring (bicyclic) bond motifs is 3. The van der Waals surface area contributed by atoms with Gasteiger partial charge in [0.15, 0.2) is 11.5 Å². The zero-order valence-corrected chi connectivity index (χ0v) is 33.6. The van der Waals surface area contributed by atoms with Crippen LogP contribution in [-0.2, 0) is 36.9 Å². The predicted molar refractivity (Wildman–Crippen MR) is 223 cm³/mol. The van der Waals surface area contributed by atoms with Gasteiger partial charge in [0, 0.05) is 27.7 Å². The van der Waals surface area contributed by atoms with Crippen molar-refractivity contribution >= 4 is 97.1 Å². The number of azo groups is 2. The van der Waals surface area contributed by atoms with E-state index < -0.39 is 69.1 Å². The first-order valence-corrected chi connectivity index (χ1v) is 21.7. The van der Waals surface area contributed by atoms with E-state index in [0.29, 0.717) is 22.1 Å². The maximum atomic E-state index is 13.1. The number of urea groups is 1. The Bertz CT molecular complexity index is 3360. The van der Waals surface area contributed by atoms with Crippen molar-refractivity contribution in [2.75, 3.05) is 17.7 Å². The summed E-state index contributed by atoms with van der Waals surface area (Å²) >= 11 is 0. The molecule has 0 saturated carbocycles. The first kappa shape index (κ1) is 42.1. The fraction of sp³-hybridized carbons (Fsp3) is 0.0513. The monoisotopic (exact) mass is 886 g/mol. The minimum Gasteiger partial charge on any atom is -0.505 e. The molecule has 0 aromatic heterocycles. The van der Waals surface area contributed by atoms with E-state index >= 15 is 0 Å². The number of nitrogens with one attached hydrogen (secondary N) is 2. The second kappa shape index (κ2) is 16.2. The van der Waals surface area contributed by atoms with Crippen molar-refractivity contribution in [3.8, 4) is 17.2 Å². The Balaban J connectivity index is 1.13. The number of carbonyl (C=O) groups is 1. The van der Waals surface area contributed by atoms with Crippen LogP contribution in [0.25, 0.3) is 32.3 Å². The summed E-state index contributed by atoms with van der Waals surface area (Å²) in [5.74, 6) is -0.770. The molecule has 19 nitrogen and oxygen atoms in total. The number of carbonyl (C=O) groups excluding carboxylic acids is 1. The number of methoxy groups -OCH3 is 1. The third-order valence-electron chi connectivity index (χ3n) is 9.14. The lowest BCUT2D eigenvalue weighted by Crippen LogP contribution is -2.19. The number of hydrogen-bond donors (Lipinski definition) is 7. The number of benzene rings is 7. The van der Waals surface area contributed by atoms with Crippen LogP contribution in [0.5, 0.6) is 17.2 Å². The van der Waals surface area contributed by atoms with Crippen molar-refractivity contribution in [1.29, 1.82) is 0 Å². The number of nitrogens with zero attached hydrogens (tertiary/aromatic N) is 4. The maximum absolute atomic E-state index is 13.1. The summed E-state index contributed by atoms with van der Waals surface area (Å²) in [6, 6.07) is 24.5. The van der Waals surface area contributed by atoms with Crippen LogP contribution in [0.15, 0.2) is 144 Å². The first-order valence-electron chi connectivity index (χ1n) is 17.3. The summed E-state index contributed by atoms with van der Waals surface area (Å²) in [5.41, 5.74) is -0.107. The highest BCUT2D eigenvalue weighted by atomic mass is 32.2. The molecule has 0 heterocycles. The lowest BCUT2D eigenvalue weighted by molar-refractivity contribution is 0.262. The average Bonchev–Trinajstić information content (AvgIpc) is 3.19. The minimum absolute atomic E-state index is 0.0420. The Kier molecular flexibility index (Phi) is 11.2. The van der Waals surface area contributed by atoms with Crippen LogP contribution in [0, 0.1) is 0 Å². The third kappa shape index (κ3) is 9.08. The standard InChI is InChI=1S/C39H30N6O13S3/c1-58-32-5-3-2-4-23(32)20-40-44-35-33(60(52,53)54)18-24-15-26(9-12-30(24)37(35)46)41-39(48)42-27-10-13-31-25(16-27)19-34(61(55,56)57)36(38(31)47)45-43-28-8-6-22-17-29(59(49,50)51)11-7-21(22)14-28/h2-19,46-47H,20H2,1H3,(H2,41,42,48)(H,49,50,51)(H,52,53,54)(H,55,56,57). The van der Waals surface area contributed by atoms with Crippen molar-refractivity contribution in [2.24, 2.45) is 20.5 Å². The summed E-state index contributed by atoms with van der Waals surface area (Å²) < 4.78 is 107. The molecule has 7 N–H and O–H groups in total. The van der Waals surface area contributed by atoms with Gasteiger partial charge in [-0.2, -0.15) is 40.6 Å². The molecule has 0 aliphatic heterocycles. The van der Waals surface area contributed by atoms with Gasteiger partial charge in [0.2, 0.25) is 0 Å². The number of anilines is 2. The number of amides is 2. The van der Waals surface area contributed by atoms with Crippen LogP contribution in [0.4, 0.5) is 33.2 Å². The lowest BCUT2D eigenvalue weighted by Gasteiger charge is -2.13. The average molecular weight is 887 g/mol. The van der Waals surface area contributed by atoms with Crippen LogP contribution in [0.2, 0.25) is 0 Å². The number of phenolic OH excluding ortho intramolecular Hbond substituents is 2. The van der Waals surface area contributed by atoms with Crippen LogP contribution < -0.4 is 15.4 Å². The minimum atomic E-state index is -5.02. The second-order valence-corrected chi connectivity index (χ2v) is 17.3. The van der Waals surface area contributed by atoms with Gasteiger partial charge in [-0.1, -0.05) is 30.3 Å². The Morgan fingerprint density at radius 1 is 0.590 bits per heavy atom. The fourth-order valence-corrected chi connectivity index (χ4v) is 8.13. The van der Waals surface area contributed by atoms with Gasteiger partial charge in [-0.15, -0.1) is 5.11 Å². The number of rotatable bonds is 11. The summed E-state index contributed by atoms with van der Waals surface area (Å²) in [6.45, 7) is -0.0420. The summed E-state index contributed by atoms with van der Waals surface area (Å²) in [4.78, 5) is 11.2. The molecule has 2 amide bonds. The van der Waals surface area contributed by atoms with E-state index in [1.165, 1.54) is 79.9 Å². The number of para-hydroxylation sites is 1. The van der Waals surface area contributed by atoms with Gasteiger partial charge in [0.1, 0.15) is 26.9 Å².